The molecule has 0 saturated heterocycles. The molecule has 1 aromatic carbocycles. The van der Waals surface area contributed by atoms with E-state index >= 15 is 0 Å². The second kappa shape index (κ2) is 6.17. The Morgan fingerprint density at radius 1 is 1.43 bits per heavy atom. The number of methoxy groups -OCH3 is 1. The van der Waals surface area contributed by atoms with Crippen molar-refractivity contribution in [3.8, 4) is 11.5 Å². The average Bonchev–Trinajstić information content (AvgIpc) is 2.85. The predicted molar refractivity (Wildman–Crippen MR) is 76.8 cm³/mol. The van der Waals surface area contributed by atoms with E-state index in [0.29, 0.717) is 24.7 Å². The summed E-state index contributed by atoms with van der Waals surface area (Å²) in [6.45, 7) is 2.85. The zero-order valence-corrected chi connectivity index (χ0v) is 11.9. The van der Waals surface area contributed by atoms with Crippen molar-refractivity contribution in [3.05, 3.63) is 35.9 Å². The van der Waals surface area contributed by atoms with Gasteiger partial charge in [-0.3, -0.25) is 0 Å². The zero-order valence-electron chi connectivity index (χ0n) is 11.9. The summed E-state index contributed by atoms with van der Waals surface area (Å²) in [5, 5.41) is 9.08. The number of nitrogen functional groups attached to an aromatic ring is 1. The van der Waals surface area contributed by atoms with E-state index in [2.05, 4.69) is 4.98 Å². The molecule has 21 heavy (non-hydrogen) atoms. The van der Waals surface area contributed by atoms with Crippen molar-refractivity contribution in [2.24, 2.45) is 0 Å². The normalized spacial score (nSPS) is 10.4. The first-order valence-corrected chi connectivity index (χ1v) is 6.34. The molecule has 3 N–H and O–H groups in total. The van der Waals surface area contributed by atoms with E-state index in [9.17, 15) is 4.79 Å². The quantitative estimate of drug-likeness (QED) is 0.783. The molecule has 2 aromatic rings. The van der Waals surface area contributed by atoms with Gasteiger partial charge >= 0.3 is 5.97 Å². The summed E-state index contributed by atoms with van der Waals surface area (Å²) in [5.41, 5.74) is 5.79. The van der Waals surface area contributed by atoms with Crippen LogP contribution in [0.5, 0.6) is 11.5 Å². The maximum absolute atomic E-state index is 11.1. The molecule has 1 heterocycles. The Hall–Kier alpha value is -2.70. The fraction of sp³-hybridized carbons (Fsp3) is 0.286. The third-order valence-electron chi connectivity index (χ3n) is 3.08. The number of ether oxygens (including phenoxy) is 2. The van der Waals surface area contributed by atoms with Crippen molar-refractivity contribution in [2.45, 2.75) is 13.5 Å². The number of rotatable bonds is 6. The monoisotopic (exact) mass is 291 g/mol. The average molecular weight is 291 g/mol. The number of carbonyl (C=O) groups is 1. The molecule has 7 nitrogen and oxygen atoms in total. The summed E-state index contributed by atoms with van der Waals surface area (Å²) in [4.78, 5) is 15.2. The molecule has 0 aliphatic carbocycles. The van der Waals surface area contributed by atoms with E-state index in [4.69, 9.17) is 20.3 Å². The maximum atomic E-state index is 11.1. The highest BCUT2D eigenvalue weighted by molar-refractivity contribution is 5.94. The molecule has 7 heteroatoms. The van der Waals surface area contributed by atoms with Crippen LogP contribution in [0.25, 0.3) is 0 Å². The van der Waals surface area contributed by atoms with Gasteiger partial charge in [0.2, 0.25) is 0 Å². The minimum atomic E-state index is -1.11. The molecule has 0 bridgehead atoms. The molecule has 0 radical (unpaired) electrons. The number of carboxylic acids is 1. The van der Waals surface area contributed by atoms with Gasteiger partial charge in [0, 0.05) is 24.5 Å². The lowest BCUT2D eigenvalue weighted by Crippen LogP contribution is -2.10. The van der Waals surface area contributed by atoms with Gasteiger partial charge in [0.05, 0.1) is 24.9 Å². The van der Waals surface area contributed by atoms with E-state index in [1.807, 2.05) is 17.7 Å². The molecule has 0 atom stereocenters. The highest BCUT2D eigenvalue weighted by atomic mass is 16.5. The van der Waals surface area contributed by atoms with E-state index in [1.165, 1.54) is 19.2 Å². The summed E-state index contributed by atoms with van der Waals surface area (Å²) in [5.74, 6) is 0.529. The summed E-state index contributed by atoms with van der Waals surface area (Å²) < 4.78 is 12.7. The number of imidazole rings is 1. The number of aryl methyl sites for hydroxylation is 1. The van der Waals surface area contributed by atoms with Gasteiger partial charge in [-0.05, 0) is 6.92 Å². The number of aromatic nitrogens is 2. The molecule has 0 amide bonds. The van der Waals surface area contributed by atoms with Crippen molar-refractivity contribution >= 4 is 11.7 Å². The largest absolute Gasteiger partial charge is 0.493 e. The van der Waals surface area contributed by atoms with Gasteiger partial charge in [-0.2, -0.15) is 0 Å². The predicted octanol–water partition coefficient (Wildman–Crippen LogP) is 1.56. The topological polar surface area (TPSA) is 99.6 Å². The van der Waals surface area contributed by atoms with Crippen LogP contribution in [-0.4, -0.2) is 34.3 Å². The van der Waals surface area contributed by atoms with E-state index in [1.54, 1.807) is 6.20 Å². The lowest BCUT2D eigenvalue weighted by Gasteiger charge is -2.13. The van der Waals surface area contributed by atoms with Gasteiger partial charge < -0.3 is 24.9 Å². The first-order chi connectivity index (χ1) is 10.0. The third-order valence-corrected chi connectivity index (χ3v) is 3.08. The maximum Gasteiger partial charge on any atom is 0.337 e. The lowest BCUT2D eigenvalue weighted by atomic mass is 10.1. The standard InChI is InChI=1S/C14H17N3O4/c1-9-16-3-4-17(9)5-6-21-13-7-10(14(18)19)11(15)8-12(13)20-2/h3-4,7-8H,5-6,15H2,1-2H3,(H,18,19). The molecular formula is C14H17N3O4. The molecule has 1 aromatic heterocycles. The molecule has 112 valence electrons. The van der Waals surface area contributed by atoms with Crippen LogP contribution in [0, 0.1) is 6.92 Å². The Kier molecular flexibility index (Phi) is 4.32. The van der Waals surface area contributed by atoms with Crippen LogP contribution in [0.4, 0.5) is 5.69 Å². The Bertz CT molecular complexity index is 652. The third kappa shape index (κ3) is 3.25. The minimum absolute atomic E-state index is 0.00962. The fourth-order valence-electron chi connectivity index (χ4n) is 1.93. The van der Waals surface area contributed by atoms with Gasteiger partial charge in [-0.15, -0.1) is 0 Å². The second-order valence-corrected chi connectivity index (χ2v) is 4.41. The first-order valence-electron chi connectivity index (χ1n) is 6.34. The Morgan fingerprint density at radius 2 is 2.19 bits per heavy atom. The number of nitrogens with two attached hydrogens (primary N) is 1. The highest BCUT2D eigenvalue weighted by Gasteiger charge is 2.14. The molecule has 0 spiro atoms. The van der Waals surface area contributed by atoms with Crippen LogP contribution in [0.1, 0.15) is 16.2 Å². The zero-order chi connectivity index (χ0) is 15.4. The van der Waals surface area contributed by atoms with Crippen LogP contribution in [-0.2, 0) is 6.54 Å². The highest BCUT2D eigenvalue weighted by Crippen LogP contribution is 2.32. The molecule has 2 rings (SSSR count). The molecule has 0 saturated carbocycles. The van der Waals surface area contributed by atoms with Crippen LogP contribution >= 0.6 is 0 Å². The van der Waals surface area contributed by atoms with Crippen LogP contribution in [0.2, 0.25) is 0 Å². The van der Waals surface area contributed by atoms with Crippen molar-refractivity contribution in [3.63, 3.8) is 0 Å². The lowest BCUT2D eigenvalue weighted by molar-refractivity contribution is 0.0697. The fourth-order valence-corrected chi connectivity index (χ4v) is 1.93. The summed E-state index contributed by atoms with van der Waals surface area (Å²) in [6.07, 6.45) is 3.56. The van der Waals surface area contributed by atoms with Crippen molar-refractivity contribution in [1.29, 1.82) is 0 Å². The van der Waals surface area contributed by atoms with Gasteiger partial charge in [0.1, 0.15) is 12.4 Å². The van der Waals surface area contributed by atoms with Crippen molar-refractivity contribution < 1.29 is 19.4 Å². The Balaban J connectivity index is 2.13. The second-order valence-electron chi connectivity index (χ2n) is 4.41. The van der Waals surface area contributed by atoms with Gasteiger partial charge in [0.15, 0.2) is 11.5 Å². The van der Waals surface area contributed by atoms with Crippen LogP contribution in [0.15, 0.2) is 24.5 Å². The van der Waals surface area contributed by atoms with E-state index in [-0.39, 0.29) is 11.3 Å². The number of nitrogens with zero attached hydrogens (tertiary/aromatic N) is 2. The SMILES string of the molecule is COc1cc(N)c(C(=O)O)cc1OCCn1ccnc1C. The number of anilines is 1. The summed E-state index contributed by atoms with van der Waals surface area (Å²) >= 11 is 0. The minimum Gasteiger partial charge on any atom is -0.493 e. The van der Waals surface area contributed by atoms with Gasteiger partial charge in [-0.25, -0.2) is 9.78 Å². The van der Waals surface area contributed by atoms with Gasteiger partial charge in [-0.1, -0.05) is 0 Å². The summed E-state index contributed by atoms with van der Waals surface area (Å²) in [6, 6.07) is 2.82. The van der Waals surface area contributed by atoms with Crippen LogP contribution in [0.3, 0.4) is 0 Å². The van der Waals surface area contributed by atoms with Gasteiger partial charge in [0.25, 0.3) is 0 Å². The van der Waals surface area contributed by atoms with Crippen LogP contribution < -0.4 is 15.2 Å². The number of hydrogen-bond donors (Lipinski definition) is 2. The molecule has 0 fully saturated rings. The smallest absolute Gasteiger partial charge is 0.337 e. The van der Waals surface area contributed by atoms with Crippen molar-refractivity contribution in [2.75, 3.05) is 19.5 Å². The van der Waals surface area contributed by atoms with E-state index < -0.39 is 5.97 Å². The number of carboxylic acid groups (broad SMARTS) is 1. The Morgan fingerprint density at radius 3 is 2.76 bits per heavy atom. The molecule has 0 aliphatic heterocycles. The first kappa shape index (κ1) is 14.7. The number of benzene rings is 1. The molecule has 0 aliphatic rings. The number of hydrogen-bond acceptors (Lipinski definition) is 5. The molecule has 0 unspecified atom stereocenters. The number of aromatic carboxylic acids is 1. The molecular weight excluding hydrogens is 274 g/mol. The van der Waals surface area contributed by atoms with Crippen molar-refractivity contribution in [1.82, 2.24) is 9.55 Å². The van der Waals surface area contributed by atoms with E-state index in [0.717, 1.165) is 5.82 Å². The Labute approximate surface area is 121 Å². The summed E-state index contributed by atoms with van der Waals surface area (Å²) in [7, 11) is 1.47.